The lowest BCUT2D eigenvalue weighted by atomic mass is 10.2. The summed E-state index contributed by atoms with van der Waals surface area (Å²) in [6.07, 6.45) is -3.65. The molecule has 0 spiro atoms. The van der Waals surface area contributed by atoms with Crippen LogP contribution in [0.15, 0.2) is 41.4 Å². The summed E-state index contributed by atoms with van der Waals surface area (Å²) in [5.74, 6) is -2.08. The van der Waals surface area contributed by atoms with Gasteiger partial charge in [0.05, 0.1) is 29.5 Å². The van der Waals surface area contributed by atoms with E-state index in [2.05, 4.69) is 20.3 Å². The van der Waals surface area contributed by atoms with Gasteiger partial charge in [0.1, 0.15) is 11.6 Å². The molecule has 2 aromatic rings. The minimum atomic E-state index is -5.08. The SMILES string of the molecule is CCNC(=O)c1cc(NS(=O)(=O)c2cccc(OC)c2)cnc1N1CCNCC1.O=C(O)C(F)(F)F. The molecule has 0 saturated carbocycles. The molecule has 1 fully saturated rings. The fraction of sp³-hybridized carbons (Fsp3) is 0.381. The van der Waals surface area contributed by atoms with Crippen LogP contribution in [0, 0.1) is 0 Å². The first-order chi connectivity index (χ1) is 16.9. The molecule has 0 atom stereocenters. The number of ether oxygens (including phenoxy) is 1. The number of hydrogen-bond acceptors (Lipinski definition) is 8. The van der Waals surface area contributed by atoms with E-state index in [1.54, 1.807) is 12.1 Å². The zero-order valence-electron chi connectivity index (χ0n) is 19.4. The second-order valence-corrected chi connectivity index (χ2v) is 8.96. The number of pyridine rings is 1. The summed E-state index contributed by atoms with van der Waals surface area (Å²) in [5, 5.41) is 13.1. The minimum Gasteiger partial charge on any atom is -0.497 e. The molecule has 1 aromatic carbocycles. The van der Waals surface area contributed by atoms with Crippen molar-refractivity contribution < 1.29 is 41.0 Å². The number of nitrogens with zero attached hydrogens (tertiary/aromatic N) is 2. The number of amides is 1. The van der Waals surface area contributed by atoms with E-state index >= 15 is 0 Å². The van der Waals surface area contributed by atoms with Crippen LogP contribution in [-0.2, 0) is 14.8 Å². The number of hydrogen-bond donors (Lipinski definition) is 4. The predicted molar refractivity (Wildman–Crippen MR) is 125 cm³/mol. The highest BCUT2D eigenvalue weighted by atomic mass is 32.2. The van der Waals surface area contributed by atoms with Crippen LogP contribution in [0.5, 0.6) is 5.75 Å². The van der Waals surface area contributed by atoms with Crippen LogP contribution in [-0.4, -0.2) is 76.4 Å². The van der Waals surface area contributed by atoms with Crippen LogP contribution in [0.2, 0.25) is 0 Å². The second-order valence-electron chi connectivity index (χ2n) is 7.28. The second kappa shape index (κ2) is 12.4. The van der Waals surface area contributed by atoms with E-state index in [1.165, 1.54) is 31.5 Å². The third-order valence-corrected chi connectivity index (χ3v) is 6.09. The summed E-state index contributed by atoms with van der Waals surface area (Å²) >= 11 is 0. The van der Waals surface area contributed by atoms with E-state index in [1.807, 2.05) is 11.8 Å². The fourth-order valence-corrected chi connectivity index (χ4v) is 4.12. The van der Waals surface area contributed by atoms with E-state index in [-0.39, 0.29) is 16.5 Å². The van der Waals surface area contributed by atoms with Crippen molar-refractivity contribution in [3.05, 3.63) is 42.1 Å². The third-order valence-electron chi connectivity index (χ3n) is 4.71. The molecule has 1 saturated heterocycles. The number of benzene rings is 1. The van der Waals surface area contributed by atoms with E-state index < -0.39 is 22.2 Å². The molecule has 0 bridgehead atoms. The number of alkyl halides is 3. The van der Waals surface area contributed by atoms with E-state index in [4.69, 9.17) is 14.6 Å². The number of methoxy groups -OCH3 is 1. The van der Waals surface area contributed by atoms with Crippen molar-refractivity contribution in [3.63, 3.8) is 0 Å². The Labute approximate surface area is 205 Å². The Morgan fingerprint density at radius 2 is 1.86 bits per heavy atom. The Kier molecular flexibility index (Phi) is 9.86. The van der Waals surface area contributed by atoms with Crippen molar-refractivity contribution in [2.45, 2.75) is 18.0 Å². The summed E-state index contributed by atoms with van der Waals surface area (Å²) in [7, 11) is -2.39. The van der Waals surface area contributed by atoms with E-state index in [0.717, 1.165) is 13.1 Å². The molecule has 2 heterocycles. The van der Waals surface area contributed by atoms with Crippen molar-refractivity contribution in [2.24, 2.45) is 0 Å². The van der Waals surface area contributed by atoms with Gasteiger partial charge in [-0.3, -0.25) is 9.52 Å². The molecule has 1 aromatic heterocycles. The number of anilines is 2. The molecule has 0 aliphatic carbocycles. The highest BCUT2D eigenvalue weighted by molar-refractivity contribution is 7.92. The summed E-state index contributed by atoms with van der Waals surface area (Å²) < 4.78 is 64.8. The summed E-state index contributed by atoms with van der Waals surface area (Å²) in [6, 6.07) is 7.68. The molecular weight excluding hydrogens is 507 g/mol. The third kappa shape index (κ3) is 7.98. The van der Waals surface area contributed by atoms with Crippen molar-refractivity contribution >= 4 is 33.4 Å². The Hall–Kier alpha value is -3.59. The zero-order chi connectivity index (χ0) is 26.9. The Morgan fingerprint density at radius 1 is 1.22 bits per heavy atom. The number of aliphatic carboxylic acids is 1. The average molecular weight is 534 g/mol. The van der Waals surface area contributed by atoms with Gasteiger partial charge in [0.15, 0.2) is 0 Å². The van der Waals surface area contributed by atoms with E-state index in [9.17, 15) is 26.4 Å². The molecule has 1 aliphatic rings. The molecule has 36 heavy (non-hydrogen) atoms. The van der Waals surface area contributed by atoms with Gasteiger partial charge in [-0.2, -0.15) is 13.2 Å². The lowest BCUT2D eigenvalue weighted by Gasteiger charge is -2.30. The molecule has 1 aliphatic heterocycles. The van der Waals surface area contributed by atoms with Crippen LogP contribution in [0.25, 0.3) is 0 Å². The standard InChI is InChI=1S/C19H25N5O4S.C2HF3O2/c1-3-21-19(25)17-11-14(13-22-18(17)24-9-7-20-8-10-24)23-29(26,27)16-6-4-5-15(12-16)28-2;3-2(4,5)1(6)7/h4-6,11-13,20,23H,3,7-10H2,1-2H3,(H,21,25);(H,6,7). The van der Waals surface area contributed by atoms with Gasteiger partial charge >= 0.3 is 12.1 Å². The molecule has 15 heteroatoms. The minimum absolute atomic E-state index is 0.0580. The molecular formula is C21H26F3N5O6S. The van der Waals surface area contributed by atoms with Gasteiger partial charge in [0.25, 0.3) is 15.9 Å². The van der Waals surface area contributed by atoms with Crippen molar-refractivity contribution in [1.82, 2.24) is 15.6 Å². The molecule has 11 nitrogen and oxygen atoms in total. The quantitative estimate of drug-likeness (QED) is 0.417. The molecule has 1 amide bonds. The number of rotatable bonds is 7. The number of carboxylic acids is 1. The van der Waals surface area contributed by atoms with Crippen molar-refractivity contribution in [3.8, 4) is 5.75 Å². The van der Waals surface area contributed by atoms with Gasteiger partial charge in [0, 0.05) is 38.8 Å². The highest BCUT2D eigenvalue weighted by Crippen LogP contribution is 2.25. The zero-order valence-corrected chi connectivity index (χ0v) is 20.2. The highest BCUT2D eigenvalue weighted by Gasteiger charge is 2.38. The first kappa shape index (κ1) is 28.6. The number of carboxylic acid groups (broad SMARTS) is 1. The number of aromatic nitrogens is 1. The average Bonchev–Trinajstić information content (AvgIpc) is 2.84. The summed E-state index contributed by atoms with van der Waals surface area (Å²) in [4.78, 5) is 28.0. The molecule has 0 radical (unpaired) electrons. The Balaban J connectivity index is 0.000000572. The lowest BCUT2D eigenvalue weighted by molar-refractivity contribution is -0.192. The van der Waals surface area contributed by atoms with Crippen molar-refractivity contribution in [1.29, 1.82) is 0 Å². The Bertz CT molecular complexity index is 1170. The first-order valence-electron chi connectivity index (χ1n) is 10.6. The number of piperazine rings is 1. The maximum atomic E-state index is 12.7. The van der Waals surface area contributed by atoms with Gasteiger partial charge in [-0.05, 0) is 25.1 Å². The molecule has 3 rings (SSSR count). The van der Waals surface area contributed by atoms with Gasteiger partial charge in [-0.15, -0.1) is 0 Å². The van der Waals surface area contributed by atoms with Crippen molar-refractivity contribution in [2.75, 3.05) is 49.5 Å². The van der Waals surface area contributed by atoms with Crippen LogP contribution in [0.1, 0.15) is 17.3 Å². The largest absolute Gasteiger partial charge is 0.497 e. The van der Waals surface area contributed by atoms with Crippen LogP contribution >= 0.6 is 0 Å². The summed E-state index contributed by atoms with van der Waals surface area (Å²) in [6.45, 7) is 5.30. The maximum absolute atomic E-state index is 12.7. The number of sulfonamides is 1. The normalized spacial score (nSPS) is 13.8. The maximum Gasteiger partial charge on any atom is 0.490 e. The smallest absolute Gasteiger partial charge is 0.490 e. The molecule has 4 N–H and O–H groups in total. The predicted octanol–water partition coefficient (Wildman–Crippen LogP) is 1.68. The Morgan fingerprint density at radius 3 is 2.42 bits per heavy atom. The lowest BCUT2D eigenvalue weighted by Crippen LogP contribution is -2.44. The number of carbonyl (C=O) groups is 2. The van der Waals surface area contributed by atoms with Gasteiger partial charge in [-0.1, -0.05) is 6.07 Å². The van der Waals surface area contributed by atoms with Gasteiger partial charge in [0.2, 0.25) is 0 Å². The van der Waals surface area contributed by atoms with Crippen LogP contribution in [0.3, 0.4) is 0 Å². The van der Waals surface area contributed by atoms with Crippen LogP contribution < -0.4 is 25.0 Å². The van der Waals surface area contributed by atoms with E-state index in [0.29, 0.717) is 36.8 Å². The van der Waals surface area contributed by atoms with Gasteiger partial charge in [-0.25, -0.2) is 18.2 Å². The molecule has 198 valence electrons. The number of carbonyl (C=O) groups excluding carboxylic acids is 1. The number of halogens is 3. The van der Waals surface area contributed by atoms with Gasteiger partial charge < -0.3 is 25.4 Å². The molecule has 0 unspecified atom stereocenters. The van der Waals surface area contributed by atoms with Crippen LogP contribution in [0.4, 0.5) is 24.7 Å². The monoisotopic (exact) mass is 533 g/mol. The fourth-order valence-electron chi connectivity index (χ4n) is 3.05. The topological polar surface area (TPSA) is 150 Å². The summed E-state index contributed by atoms with van der Waals surface area (Å²) in [5.41, 5.74) is 0.549. The number of nitrogens with one attached hydrogen (secondary N) is 3. The first-order valence-corrected chi connectivity index (χ1v) is 12.1.